The van der Waals surface area contributed by atoms with Crippen LogP contribution in [0.2, 0.25) is 0 Å². The van der Waals surface area contributed by atoms with E-state index in [9.17, 15) is 0 Å². The average Bonchev–Trinajstić information content (AvgIpc) is 2.45. The molecule has 2 heteroatoms. The van der Waals surface area contributed by atoms with Crippen LogP contribution in [0.4, 0.5) is 0 Å². The highest BCUT2D eigenvalue weighted by molar-refractivity contribution is 4.87. The molecule has 2 saturated carbocycles. The first-order chi connectivity index (χ1) is 10.3. The molecule has 2 aliphatic carbocycles. The zero-order valence-corrected chi connectivity index (χ0v) is 15.8. The van der Waals surface area contributed by atoms with E-state index in [-0.39, 0.29) is 0 Å². The summed E-state index contributed by atoms with van der Waals surface area (Å²) in [7, 11) is 0. The van der Waals surface area contributed by atoms with Gasteiger partial charge >= 0.3 is 0 Å². The fraction of sp³-hybridized carbons (Fsp3) is 1.00. The van der Waals surface area contributed by atoms with Crippen LogP contribution in [-0.4, -0.2) is 23.4 Å². The number of hydrogen-bond acceptors (Lipinski definition) is 2. The van der Waals surface area contributed by atoms with Crippen molar-refractivity contribution in [2.45, 2.75) is 67.2 Å². The zero-order chi connectivity index (χ0) is 16.9. The van der Waals surface area contributed by atoms with Crippen molar-refractivity contribution in [3.8, 4) is 0 Å². The molecule has 0 bridgehead atoms. The van der Waals surface area contributed by atoms with Crippen molar-refractivity contribution >= 4 is 0 Å². The number of aliphatic hydroxyl groups is 2. The van der Waals surface area contributed by atoms with Crippen molar-refractivity contribution in [2.24, 2.45) is 47.3 Å². The monoisotopic (exact) mass is 312 g/mol. The SMILES string of the molecule is CC(C)CC1C(C)CC1CO.CC(C)CC1C(C)CC1CO. The fourth-order valence-electron chi connectivity index (χ4n) is 4.55. The molecule has 0 radical (unpaired) electrons. The standard InChI is InChI=1S/2C10H20O/c2*1-7(2)4-10-8(3)5-9(10)6-11/h2*7-11H,4-6H2,1-3H3. The fourth-order valence-corrected chi connectivity index (χ4v) is 4.55. The van der Waals surface area contributed by atoms with Crippen molar-refractivity contribution in [3.63, 3.8) is 0 Å². The van der Waals surface area contributed by atoms with E-state index in [1.165, 1.54) is 25.7 Å². The van der Waals surface area contributed by atoms with Crippen LogP contribution in [0.25, 0.3) is 0 Å². The third-order valence-electron chi connectivity index (χ3n) is 5.98. The Kier molecular flexibility index (Phi) is 8.42. The molecule has 0 saturated heterocycles. The van der Waals surface area contributed by atoms with E-state index in [4.69, 9.17) is 10.2 Å². The molecule has 2 N–H and O–H groups in total. The summed E-state index contributed by atoms with van der Waals surface area (Å²) in [6.07, 6.45) is 5.08. The molecule has 0 aromatic carbocycles. The Balaban J connectivity index is 0.000000220. The van der Waals surface area contributed by atoms with Crippen LogP contribution >= 0.6 is 0 Å². The summed E-state index contributed by atoms with van der Waals surface area (Å²) in [4.78, 5) is 0. The third kappa shape index (κ3) is 5.53. The van der Waals surface area contributed by atoms with E-state index < -0.39 is 0 Å². The van der Waals surface area contributed by atoms with E-state index in [2.05, 4.69) is 41.5 Å². The maximum absolute atomic E-state index is 8.99. The highest BCUT2D eigenvalue weighted by Crippen LogP contribution is 2.44. The lowest BCUT2D eigenvalue weighted by Gasteiger charge is -2.43. The molecule has 0 aromatic heterocycles. The summed E-state index contributed by atoms with van der Waals surface area (Å²) in [5, 5.41) is 18.0. The van der Waals surface area contributed by atoms with E-state index in [0.29, 0.717) is 25.0 Å². The van der Waals surface area contributed by atoms with E-state index in [0.717, 1.165) is 35.5 Å². The van der Waals surface area contributed by atoms with Gasteiger partial charge in [-0.2, -0.15) is 0 Å². The Morgan fingerprint density at radius 2 is 1.05 bits per heavy atom. The topological polar surface area (TPSA) is 40.5 Å². The molecule has 2 fully saturated rings. The lowest BCUT2D eigenvalue weighted by atomic mass is 9.63. The van der Waals surface area contributed by atoms with E-state index in [1.54, 1.807) is 0 Å². The van der Waals surface area contributed by atoms with E-state index >= 15 is 0 Å². The molecule has 0 spiro atoms. The molecule has 0 heterocycles. The molecule has 2 rings (SSSR count). The zero-order valence-electron chi connectivity index (χ0n) is 15.8. The molecule has 6 unspecified atom stereocenters. The van der Waals surface area contributed by atoms with Gasteiger partial charge in [-0.3, -0.25) is 0 Å². The average molecular weight is 313 g/mol. The highest BCUT2D eigenvalue weighted by Gasteiger charge is 2.37. The summed E-state index contributed by atoms with van der Waals surface area (Å²) in [5.41, 5.74) is 0. The normalized spacial score (nSPS) is 37.4. The first kappa shape index (κ1) is 20.0. The van der Waals surface area contributed by atoms with Crippen LogP contribution in [-0.2, 0) is 0 Å². The van der Waals surface area contributed by atoms with Gasteiger partial charge in [-0.05, 0) is 73.0 Å². The van der Waals surface area contributed by atoms with Gasteiger partial charge < -0.3 is 10.2 Å². The quantitative estimate of drug-likeness (QED) is 0.753. The number of hydrogen-bond donors (Lipinski definition) is 2. The first-order valence-corrected chi connectivity index (χ1v) is 9.51. The van der Waals surface area contributed by atoms with Crippen molar-refractivity contribution < 1.29 is 10.2 Å². The van der Waals surface area contributed by atoms with Crippen LogP contribution in [0, 0.1) is 47.3 Å². The van der Waals surface area contributed by atoms with Crippen molar-refractivity contribution in [1.29, 1.82) is 0 Å². The number of rotatable bonds is 6. The summed E-state index contributed by atoms with van der Waals surface area (Å²) >= 11 is 0. The van der Waals surface area contributed by atoms with Gasteiger partial charge in [0.05, 0.1) is 0 Å². The Bertz CT molecular complexity index is 270. The molecule has 2 nitrogen and oxygen atoms in total. The van der Waals surface area contributed by atoms with E-state index in [1.807, 2.05) is 0 Å². The maximum atomic E-state index is 8.99. The first-order valence-electron chi connectivity index (χ1n) is 9.51. The molecule has 132 valence electrons. The lowest BCUT2D eigenvalue weighted by Crippen LogP contribution is -2.37. The van der Waals surface area contributed by atoms with Gasteiger partial charge in [0.1, 0.15) is 0 Å². The van der Waals surface area contributed by atoms with Crippen LogP contribution in [0.5, 0.6) is 0 Å². The second-order valence-corrected chi connectivity index (χ2v) is 8.90. The summed E-state index contributed by atoms with van der Waals surface area (Å²) < 4.78 is 0. The predicted octanol–water partition coefficient (Wildman–Crippen LogP) is 4.59. The van der Waals surface area contributed by atoms with Gasteiger partial charge in [0.15, 0.2) is 0 Å². The minimum absolute atomic E-state index is 0.404. The van der Waals surface area contributed by atoms with Gasteiger partial charge in [-0.25, -0.2) is 0 Å². The predicted molar refractivity (Wildman–Crippen MR) is 94.6 cm³/mol. The van der Waals surface area contributed by atoms with Crippen molar-refractivity contribution in [1.82, 2.24) is 0 Å². The molecule has 2 aliphatic rings. The summed E-state index contributed by atoms with van der Waals surface area (Å²) in [6.45, 7) is 14.5. The van der Waals surface area contributed by atoms with Gasteiger partial charge in [0, 0.05) is 13.2 Å². The molecule has 22 heavy (non-hydrogen) atoms. The molecule has 6 atom stereocenters. The summed E-state index contributed by atoms with van der Waals surface area (Å²) in [5.74, 6) is 6.14. The molecular formula is C20H40O2. The summed E-state index contributed by atoms with van der Waals surface area (Å²) in [6, 6.07) is 0. The van der Waals surface area contributed by atoms with Gasteiger partial charge in [0.25, 0.3) is 0 Å². The minimum atomic E-state index is 0.404. The third-order valence-corrected chi connectivity index (χ3v) is 5.98. The number of aliphatic hydroxyl groups excluding tert-OH is 2. The second-order valence-electron chi connectivity index (χ2n) is 8.90. The Morgan fingerprint density at radius 3 is 1.23 bits per heavy atom. The smallest absolute Gasteiger partial charge is 0.0462 e. The highest BCUT2D eigenvalue weighted by atomic mass is 16.3. The van der Waals surface area contributed by atoms with Crippen molar-refractivity contribution in [2.75, 3.05) is 13.2 Å². The minimum Gasteiger partial charge on any atom is -0.396 e. The molecule has 0 amide bonds. The Labute approximate surface area is 138 Å². The van der Waals surface area contributed by atoms with Crippen molar-refractivity contribution in [3.05, 3.63) is 0 Å². The second kappa shape index (κ2) is 9.27. The van der Waals surface area contributed by atoms with Crippen LogP contribution in [0.15, 0.2) is 0 Å². The van der Waals surface area contributed by atoms with Crippen LogP contribution in [0.1, 0.15) is 67.2 Å². The lowest BCUT2D eigenvalue weighted by molar-refractivity contribution is 0.0193. The van der Waals surface area contributed by atoms with Gasteiger partial charge in [-0.1, -0.05) is 41.5 Å². The molecule has 0 aliphatic heterocycles. The Hall–Kier alpha value is -0.0800. The largest absolute Gasteiger partial charge is 0.396 e. The molecular weight excluding hydrogens is 272 g/mol. The van der Waals surface area contributed by atoms with Crippen LogP contribution in [0.3, 0.4) is 0 Å². The maximum Gasteiger partial charge on any atom is 0.0462 e. The Morgan fingerprint density at radius 1 is 0.727 bits per heavy atom. The van der Waals surface area contributed by atoms with Gasteiger partial charge in [0.2, 0.25) is 0 Å². The van der Waals surface area contributed by atoms with Gasteiger partial charge in [-0.15, -0.1) is 0 Å². The van der Waals surface area contributed by atoms with Crippen LogP contribution < -0.4 is 0 Å². The molecule has 0 aromatic rings.